The molecule has 0 radical (unpaired) electrons. The van der Waals surface area contributed by atoms with E-state index in [1.54, 1.807) is 0 Å². The first kappa shape index (κ1) is 14.7. The molecule has 9 aromatic rings. The van der Waals surface area contributed by atoms with Crippen LogP contribution >= 0.6 is 0 Å². The molecule has 0 saturated carbocycles. The van der Waals surface area contributed by atoms with E-state index in [9.17, 15) is 6.85 Å². The molecule has 9 rings (SSSR count). The van der Waals surface area contributed by atoms with Gasteiger partial charge in [0.1, 0.15) is 11.2 Å². The number of hydrogen-bond acceptors (Lipinski definition) is 1. The van der Waals surface area contributed by atoms with Crippen LogP contribution in [0.3, 0.4) is 0 Å². The average Bonchev–Trinajstić information content (AvgIpc) is 3.66. The monoisotopic (exact) mass is 587 g/mol. The van der Waals surface area contributed by atoms with Gasteiger partial charge in [0.05, 0.1) is 20.6 Å². The summed E-state index contributed by atoms with van der Waals surface area (Å²) in [6.45, 7) is 0. The van der Waals surface area contributed by atoms with Crippen LogP contribution in [0.1, 0.15) is 20.6 Å². The highest BCUT2D eigenvalue weighted by molar-refractivity contribution is 6.21. The van der Waals surface area contributed by atoms with Crippen molar-refractivity contribution in [1.82, 2.24) is 0 Å². The molecule has 0 bridgehead atoms. The summed E-state index contributed by atoms with van der Waals surface area (Å²) < 4.78 is 140. The quantitative estimate of drug-likeness (QED) is 0.187. The summed E-state index contributed by atoms with van der Waals surface area (Å²) in [6, 6.07) is 14.8. The summed E-state index contributed by atoms with van der Waals surface area (Å²) >= 11 is 0. The molecule has 0 spiro atoms. The minimum Gasteiger partial charge on any atom is -0.456 e. The van der Waals surface area contributed by atoms with Gasteiger partial charge in [-0.25, -0.2) is 0 Å². The fourth-order valence-electron chi connectivity index (χ4n) is 6.02. The predicted octanol–water partition coefficient (Wildman–Crippen LogP) is 12.6. The first-order valence-corrected chi connectivity index (χ1v) is 14.2. The molecule has 0 atom stereocenters. The van der Waals surface area contributed by atoms with E-state index in [1.165, 1.54) is 0 Å². The van der Waals surface area contributed by atoms with E-state index in [0.717, 1.165) is 21.9 Å². The lowest BCUT2D eigenvalue weighted by molar-refractivity contribution is 0.669. The van der Waals surface area contributed by atoms with E-state index < -0.39 is 124 Å². The molecular formula is C44H28O. The molecular weight excluding hydrogens is 544 g/mol. The molecule has 45 heavy (non-hydrogen) atoms. The molecule has 1 heteroatoms. The smallest absolute Gasteiger partial charge is 0.136 e. The van der Waals surface area contributed by atoms with Crippen molar-refractivity contribution in [2.75, 3.05) is 0 Å². The molecule has 1 nitrogen and oxygen atoms in total. The highest BCUT2D eigenvalue weighted by atomic mass is 16.3. The van der Waals surface area contributed by atoms with Crippen molar-refractivity contribution in [2.24, 2.45) is 0 Å². The lowest BCUT2D eigenvalue weighted by atomic mass is 9.85. The zero-order chi connectivity index (χ0) is 42.8. The van der Waals surface area contributed by atoms with Crippen LogP contribution in [-0.2, 0) is 0 Å². The summed E-state index contributed by atoms with van der Waals surface area (Å²) in [7, 11) is 0. The van der Waals surface area contributed by atoms with Crippen LogP contribution in [0.2, 0.25) is 0 Å². The van der Waals surface area contributed by atoms with E-state index in [0.29, 0.717) is 16.3 Å². The molecule has 210 valence electrons. The average molecular weight is 588 g/mol. The van der Waals surface area contributed by atoms with Crippen LogP contribution in [0.5, 0.6) is 0 Å². The maximum absolute atomic E-state index is 9.54. The molecule has 0 aliphatic carbocycles. The molecule has 8 aromatic carbocycles. The Morgan fingerprint density at radius 3 is 1.62 bits per heavy atom. The minimum absolute atomic E-state index is 0.0271. The molecule has 0 unspecified atom stereocenters. The third-order valence-corrected chi connectivity index (χ3v) is 7.94. The van der Waals surface area contributed by atoms with Crippen LogP contribution in [0.25, 0.3) is 88.0 Å². The van der Waals surface area contributed by atoms with Crippen LogP contribution < -0.4 is 0 Å². The van der Waals surface area contributed by atoms with Gasteiger partial charge >= 0.3 is 0 Å². The Morgan fingerprint density at radius 1 is 0.378 bits per heavy atom. The van der Waals surface area contributed by atoms with Crippen molar-refractivity contribution in [1.29, 1.82) is 0 Å². The Kier molecular flexibility index (Phi) is 3.39. The van der Waals surface area contributed by atoms with Crippen molar-refractivity contribution in [2.45, 2.75) is 0 Å². The molecule has 0 saturated heterocycles. The number of furan rings is 1. The molecule has 0 aliphatic rings. The lowest BCUT2D eigenvalue weighted by Gasteiger charge is -2.18. The summed E-state index contributed by atoms with van der Waals surface area (Å²) in [5.41, 5.74) is -0.526. The number of rotatable bonds is 4. The molecule has 0 amide bonds. The summed E-state index contributed by atoms with van der Waals surface area (Å²) in [4.78, 5) is 0. The van der Waals surface area contributed by atoms with Crippen LogP contribution in [0, 0.1) is 0 Å². The molecule has 0 N–H and O–H groups in total. The Balaban J connectivity index is 1.41. The second kappa shape index (κ2) is 10.4. The zero-order valence-corrected chi connectivity index (χ0v) is 23.4. The minimum atomic E-state index is -0.742. The van der Waals surface area contributed by atoms with Crippen molar-refractivity contribution >= 4 is 43.5 Å². The second-order valence-electron chi connectivity index (χ2n) is 10.5. The van der Waals surface area contributed by atoms with Gasteiger partial charge in [0.15, 0.2) is 0 Å². The second-order valence-corrected chi connectivity index (χ2v) is 10.5. The summed E-state index contributed by atoms with van der Waals surface area (Å²) in [5.74, 6) is 0. The van der Waals surface area contributed by atoms with Gasteiger partial charge in [-0.05, 0) is 84.2 Å². The molecule has 0 aliphatic heterocycles. The third kappa shape index (κ3) is 4.17. The number of hydrogen-bond donors (Lipinski definition) is 0. The van der Waals surface area contributed by atoms with E-state index in [-0.39, 0.29) is 16.3 Å². The highest BCUT2D eigenvalue weighted by Crippen LogP contribution is 2.44. The number of benzene rings is 8. The lowest BCUT2D eigenvalue weighted by Crippen LogP contribution is -1.90. The maximum atomic E-state index is 9.54. The van der Waals surface area contributed by atoms with Crippen molar-refractivity contribution in [3.8, 4) is 44.5 Å². The topological polar surface area (TPSA) is 13.1 Å². The van der Waals surface area contributed by atoms with E-state index in [1.807, 2.05) is 78.9 Å². The standard InChI is InChI=1S/C44H28O/c1-3-12-29(13-4-1)33-26-27-40-39(28-33)44-34(20-11-21-41(44)45-40)30-22-24-32(25-23-30)43-37-18-9-7-16-35(37)42(31-14-5-2-6-15-31)36-17-8-10-19-38(36)43/h1-28H/i1D,3D,4D,11D,12D,13D,20D,21D,22D,23D,24D,25D,26D,27D,28D. The van der Waals surface area contributed by atoms with Gasteiger partial charge in [-0.3, -0.25) is 0 Å². The van der Waals surface area contributed by atoms with Gasteiger partial charge in [-0.1, -0.05) is 151 Å². The fourth-order valence-corrected chi connectivity index (χ4v) is 6.02. The number of fused-ring (bicyclic) bond motifs is 5. The Morgan fingerprint density at radius 2 is 0.956 bits per heavy atom. The van der Waals surface area contributed by atoms with Gasteiger partial charge < -0.3 is 4.42 Å². The van der Waals surface area contributed by atoms with Gasteiger partial charge in [0, 0.05) is 10.8 Å². The third-order valence-electron chi connectivity index (χ3n) is 7.94. The van der Waals surface area contributed by atoms with Gasteiger partial charge in [0.2, 0.25) is 0 Å². The summed E-state index contributed by atoms with van der Waals surface area (Å²) in [6.07, 6.45) is 0. The Bertz CT molecular complexity index is 3260. The van der Waals surface area contributed by atoms with E-state index in [2.05, 4.69) is 0 Å². The van der Waals surface area contributed by atoms with Gasteiger partial charge in [-0.2, -0.15) is 0 Å². The zero-order valence-electron chi connectivity index (χ0n) is 38.4. The Hall–Kier alpha value is -5.92. The van der Waals surface area contributed by atoms with E-state index >= 15 is 0 Å². The van der Waals surface area contributed by atoms with Crippen LogP contribution in [0.15, 0.2) is 174 Å². The SMILES string of the molecule is [2H]c1c([2H])c([2H])c(-c2c([2H])c([2H])c3oc4c([2H])c([2H])c([2H])c(-c5c([2H])c([2H])c(-c6c7ccccc7c(-c7ccccc7)c7ccccc67)c([2H])c5[2H])c4c3c2[2H])c([2H])c1[2H]. The van der Waals surface area contributed by atoms with Crippen LogP contribution in [-0.4, -0.2) is 0 Å². The maximum Gasteiger partial charge on any atom is 0.136 e. The van der Waals surface area contributed by atoms with Crippen molar-refractivity contribution in [3.05, 3.63) is 169 Å². The molecule has 1 aromatic heterocycles. The van der Waals surface area contributed by atoms with Gasteiger partial charge in [0.25, 0.3) is 0 Å². The molecule has 1 heterocycles. The van der Waals surface area contributed by atoms with E-state index in [4.69, 9.17) is 18.1 Å². The largest absolute Gasteiger partial charge is 0.456 e. The Labute approximate surface area is 282 Å². The first-order valence-electron chi connectivity index (χ1n) is 21.7. The first-order chi connectivity index (χ1) is 28.6. The van der Waals surface area contributed by atoms with Crippen molar-refractivity contribution in [3.63, 3.8) is 0 Å². The highest BCUT2D eigenvalue weighted by Gasteiger charge is 2.17. The normalized spacial score (nSPS) is 16.2. The summed E-state index contributed by atoms with van der Waals surface area (Å²) in [5, 5.41) is 2.31. The predicted molar refractivity (Wildman–Crippen MR) is 190 cm³/mol. The van der Waals surface area contributed by atoms with Crippen LogP contribution in [0.4, 0.5) is 0 Å². The fraction of sp³-hybridized carbons (Fsp3) is 0. The molecule has 0 fully saturated rings. The van der Waals surface area contributed by atoms with Gasteiger partial charge in [-0.15, -0.1) is 0 Å². The van der Waals surface area contributed by atoms with Crippen molar-refractivity contribution < 1.29 is 25.0 Å².